The minimum absolute atomic E-state index is 0.0690. The Bertz CT molecular complexity index is 1310. The molecule has 1 atom stereocenters. The lowest BCUT2D eigenvalue weighted by Gasteiger charge is -2.42. The summed E-state index contributed by atoms with van der Waals surface area (Å²) in [6.45, 7) is 8.59. The van der Waals surface area contributed by atoms with E-state index in [4.69, 9.17) is 4.74 Å². The molecule has 3 aromatic rings. The number of benzene rings is 2. The van der Waals surface area contributed by atoms with E-state index in [1.54, 1.807) is 7.11 Å². The van der Waals surface area contributed by atoms with E-state index in [2.05, 4.69) is 70.3 Å². The van der Waals surface area contributed by atoms with Crippen molar-refractivity contribution >= 4 is 11.6 Å². The van der Waals surface area contributed by atoms with Crippen molar-refractivity contribution in [1.82, 2.24) is 15.2 Å². The number of anilines is 1. The Balaban J connectivity index is 1.35. The predicted octanol–water partition coefficient (Wildman–Crippen LogP) is 6.41. The number of aromatic nitrogens is 1. The number of halogens is 3. The molecule has 1 saturated heterocycles. The quantitative estimate of drug-likeness (QED) is 0.307. The van der Waals surface area contributed by atoms with Crippen molar-refractivity contribution in [2.75, 3.05) is 31.6 Å². The standard InChI is InChI=1S/C32H39F3N4O2/c1-22-7-5-6-8-25(22)21-39(26-9-11-28(41-4)12-10-26)27-15-19-38(20-16-27)23(2)13-17-37-31(40)30-24(3)36-18-14-29(30)32(33,34)35/h5-12,14,18,23,27H,13,15-17,19-21H2,1-4H3,(H,37,40)/t23-/m1/s1. The largest absolute Gasteiger partial charge is 0.497 e. The monoisotopic (exact) mass is 568 g/mol. The van der Waals surface area contributed by atoms with Gasteiger partial charge < -0.3 is 19.9 Å². The number of pyridine rings is 1. The Morgan fingerprint density at radius 1 is 1.10 bits per heavy atom. The molecule has 1 aromatic heterocycles. The van der Waals surface area contributed by atoms with Crippen molar-refractivity contribution in [3.8, 4) is 5.75 Å². The van der Waals surface area contributed by atoms with Gasteiger partial charge in [-0.1, -0.05) is 24.3 Å². The molecule has 0 spiro atoms. The molecule has 41 heavy (non-hydrogen) atoms. The van der Waals surface area contributed by atoms with Crippen molar-refractivity contribution in [2.24, 2.45) is 0 Å². The maximum atomic E-state index is 13.4. The number of nitrogens with zero attached hydrogens (tertiary/aromatic N) is 3. The van der Waals surface area contributed by atoms with Gasteiger partial charge in [-0.3, -0.25) is 9.78 Å². The first-order chi connectivity index (χ1) is 19.6. The average Bonchev–Trinajstić information content (AvgIpc) is 2.96. The fourth-order valence-corrected chi connectivity index (χ4v) is 5.57. The maximum Gasteiger partial charge on any atom is 0.417 e. The zero-order valence-electron chi connectivity index (χ0n) is 24.2. The van der Waals surface area contributed by atoms with Crippen molar-refractivity contribution < 1.29 is 22.7 Å². The molecule has 4 rings (SSSR count). The molecule has 0 unspecified atom stereocenters. The molecule has 0 radical (unpaired) electrons. The van der Waals surface area contributed by atoms with Gasteiger partial charge in [-0.05, 0) is 81.5 Å². The molecular weight excluding hydrogens is 529 g/mol. The lowest BCUT2D eigenvalue weighted by atomic mass is 9.98. The molecule has 9 heteroatoms. The number of carbonyl (C=O) groups is 1. The van der Waals surface area contributed by atoms with Crippen molar-refractivity contribution in [1.29, 1.82) is 0 Å². The zero-order chi connectivity index (χ0) is 29.6. The maximum absolute atomic E-state index is 13.4. The van der Waals surface area contributed by atoms with Crippen molar-refractivity contribution in [3.05, 3.63) is 88.7 Å². The number of amides is 1. The number of methoxy groups -OCH3 is 1. The normalized spacial score (nSPS) is 15.4. The van der Waals surface area contributed by atoms with Crippen LogP contribution in [0, 0.1) is 13.8 Å². The number of ether oxygens (including phenoxy) is 1. The number of nitrogens with one attached hydrogen (secondary N) is 1. The summed E-state index contributed by atoms with van der Waals surface area (Å²) in [7, 11) is 1.67. The number of carbonyl (C=O) groups excluding carboxylic acids is 1. The van der Waals surface area contributed by atoms with Gasteiger partial charge in [-0.15, -0.1) is 0 Å². The minimum Gasteiger partial charge on any atom is -0.497 e. The molecule has 1 aliphatic heterocycles. The van der Waals surface area contributed by atoms with E-state index < -0.39 is 23.2 Å². The van der Waals surface area contributed by atoms with Crippen molar-refractivity contribution in [3.63, 3.8) is 0 Å². The molecule has 220 valence electrons. The summed E-state index contributed by atoms with van der Waals surface area (Å²) in [4.78, 5) is 21.5. The van der Waals surface area contributed by atoms with Crippen LogP contribution in [0.5, 0.6) is 5.75 Å². The third-order valence-electron chi connectivity index (χ3n) is 8.09. The number of hydrogen-bond acceptors (Lipinski definition) is 5. The van der Waals surface area contributed by atoms with Crippen LogP contribution in [-0.4, -0.2) is 54.6 Å². The first-order valence-electron chi connectivity index (χ1n) is 14.1. The third-order valence-corrected chi connectivity index (χ3v) is 8.09. The Hall–Kier alpha value is -3.59. The van der Waals surface area contributed by atoms with Gasteiger partial charge >= 0.3 is 6.18 Å². The number of likely N-dealkylation sites (tertiary alicyclic amines) is 1. The van der Waals surface area contributed by atoms with Crippen LogP contribution in [0.3, 0.4) is 0 Å². The van der Waals surface area contributed by atoms with Crippen LogP contribution < -0.4 is 15.0 Å². The lowest BCUT2D eigenvalue weighted by Crippen LogP contribution is -2.48. The molecule has 1 N–H and O–H groups in total. The topological polar surface area (TPSA) is 57.7 Å². The van der Waals surface area contributed by atoms with E-state index in [1.807, 2.05) is 12.1 Å². The second-order valence-corrected chi connectivity index (χ2v) is 10.7. The van der Waals surface area contributed by atoms with Crippen LogP contribution in [0.2, 0.25) is 0 Å². The molecule has 6 nitrogen and oxygen atoms in total. The molecule has 1 fully saturated rings. The Kier molecular flexibility index (Phi) is 9.91. The van der Waals surface area contributed by atoms with Crippen LogP contribution in [0.25, 0.3) is 0 Å². The smallest absolute Gasteiger partial charge is 0.417 e. The Morgan fingerprint density at radius 3 is 2.41 bits per heavy atom. The third kappa shape index (κ3) is 7.58. The van der Waals surface area contributed by atoms with Crippen LogP contribution in [0.15, 0.2) is 60.8 Å². The first kappa shape index (κ1) is 30.4. The van der Waals surface area contributed by atoms with Gasteiger partial charge in [0.2, 0.25) is 0 Å². The molecule has 0 aliphatic carbocycles. The van der Waals surface area contributed by atoms with E-state index in [0.717, 1.165) is 56.2 Å². The average molecular weight is 569 g/mol. The summed E-state index contributed by atoms with van der Waals surface area (Å²) >= 11 is 0. The second kappa shape index (κ2) is 13.4. The minimum atomic E-state index is -4.61. The highest BCUT2D eigenvalue weighted by Gasteiger charge is 2.36. The summed E-state index contributed by atoms with van der Waals surface area (Å²) in [6.07, 6.45) is -0.923. The Labute approximate surface area is 240 Å². The number of aryl methyl sites for hydroxylation is 2. The first-order valence-corrected chi connectivity index (χ1v) is 14.1. The van der Waals surface area contributed by atoms with Crippen molar-refractivity contribution in [2.45, 2.75) is 64.8 Å². The van der Waals surface area contributed by atoms with Crippen LogP contribution >= 0.6 is 0 Å². The summed E-state index contributed by atoms with van der Waals surface area (Å²) < 4.78 is 45.7. The SMILES string of the molecule is COc1ccc(N(Cc2ccccc2C)C2CCN([C@H](C)CCNC(=O)c3c(C(F)(F)F)ccnc3C)CC2)cc1. The fourth-order valence-electron chi connectivity index (χ4n) is 5.57. The molecule has 0 bridgehead atoms. The van der Waals surface area contributed by atoms with E-state index in [-0.39, 0.29) is 18.3 Å². The fraction of sp³-hybridized carbons (Fsp3) is 0.438. The van der Waals surface area contributed by atoms with Gasteiger partial charge in [0.25, 0.3) is 5.91 Å². The lowest BCUT2D eigenvalue weighted by molar-refractivity contribution is -0.138. The van der Waals surface area contributed by atoms with Crippen LogP contribution in [0.1, 0.15) is 58.9 Å². The van der Waals surface area contributed by atoms with E-state index in [1.165, 1.54) is 18.1 Å². The number of alkyl halides is 3. The van der Waals surface area contributed by atoms with E-state index in [0.29, 0.717) is 12.5 Å². The van der Waals surface area contributed by atoms with Gasteiger partial charge in [0.05, 0.1) is 23.9 Å². The number of rotatable bonds is 10. The van der Waals surface area contributed by atoms with Gasteiger partial charge in [0.15, 0.2) is 0 Å². The van der Waals surface area contributed by atoms with Gasteiger partial charge in [0, 0.05) is 50.1 Å². The van der Waals surface area contributed by atoms with Gasteiger partial charge in [-0.2, -0.15) is 13.2 Å². The molecular formula is C32H39F3N4O2. The van der Waals surface area contributed by atoms with Gasteiger partial charge in [-0.25, -0.2) is 0 Å². The van der Waals surface area contributed by atoms with Crippen LogP contribution in [-0.2, 0) is 12.7 Å². The summed E-state index contributed by atoms with van der Waals surface area (Å²) in [5, 5.41) is 2.69. The zero-order valence-corrected chi connectivity index (χ0v) is 24.2. The molecule has 1 amide bonds. The highest BCUT2D eigenvalue weighted by atomic mass is 19.4. The number of piperidine rings is 1. The molecule has 1 aliphatic rings. The Morgan fingerprint density at radius 2 is 1.78 bits per heavy atom. The molecule has 2 aromatic carbocycles. The van der Waals surface area contributed by atoms with Crippen LogP contribution in [0.4, 0.5) is 18.9 Å². The predicted molar refractivity (Wildman–Crippen MR) is 155 cm³/mol. The highest BCUT2D eigenvalue weighted by molar-refractivity contribution is 5.96. The molecule has 2 heterocycles. The molecule has 0 saturated carbocycles. The summed E-state index contributed by atoms with van der Waals surface area (Å²) in [5.41, 5.74) is 2.44. The van der Waals surface area contributed by atoms with E-state index in [9.17, 15) is 18.0 Å². The second-order valence-electron chi connectivity index (χ2n) is 10.7. The van der Waals surface area contributed by atoms with E-state index >= 15 is 0 Å². The highest BCUT2D eigenvalue weighted by Crippen LogP contribution is 2.33. The summed E-state index contributed by atoms with van der Waals surface area (Å²) in [6, 6.07) is 18.1. The summed E-state index contributed by atoms with van der Waals surface area (Å²) in [5.74, 6) is 0.0915. The number of hydrogen-bond donors (Lipinski definition) is 1. The van der Waals surface area contributed by atoms with Gasteiger partial charge in [0.1, 0.15) is 5.75 Å².